The molecule has 14 rings (SSSR count). The number of aromatic nitrogens is 5. The van der Waals surface area contributed by atoms with E-state index in [1.165, 1.54) is 41.7 Å². The van der Waals surface area contributed by atoms with Crippen molar-refractivity contribution in [2.75, 3.05) is 0 Å². The predicted octanol–water partition coefficient (Wildman–Crippen LogP) is 14.8. The monoisotopic (exact) mass is 809 g/mol. The Morgan fingerprint density at radius 1 is 0.387 bits per heavy atom. The van der Waals surface area contributed by atoms with E-state index in [0.717, 1.165) is 71.6 Å². The van der Waals surface area contributed by atoms with Crippen molar-refractivity contribution in [1.29, 1.82) is 0 Å². The number of fused-ring (bicyclic) bond motifs is 13. The molecule has 0 fully saturated rings. The van der Waals surface area contributed by atoms with Crippen LogP contribution >= 0.6 is 11.3 Å². The summed E-state index contributed by atoms with van der Waals surface area (Å²) in [6, 6.07) is 66.7. The molecule has 0 saturated carbocycles. The lowest BCUT2D eigenvalue weighted by molar-refractivity contribution is 0.668. The molecule has 5 aromatic heterocycles. The minimum atomic E-state index is 0.548. The van der Waals surface area contributed by atoms with Crippen LogP contribution in [0.2, 0.25) is 0 Å². The second kappa shape index (κ2) is 12.7. The van der Waals surface area contributed by atoms with Gasteiger partial charge in [0.1, 0.15) is 11.2 Å². The zero-order valence-corrected chi connectivity index (χ0v) is 33.8. The zero-order chi connectivity index (χ0) is 40.5. The van der Waals surface area contributed by atoms with E-state index in [-0.39, 0.29) is 0 Å². The average Bonchev–Trinajstić information content (AvgIpc) is 4.08. The summed E-state index contributed by atoms with van der Waals surface area (Å²) >= 11 is 1.81. The molecule has 5 heterocycles. The first-order chi connectivity index (χ1) is 30.7. The Morgan fingerprint density at radius 2 is 0.984 bits per heavy atom. The highest BCUT2D eigenvalue weighted by Crippen LogP contribution is 2.42. The highest BCUT2D eigenvalue weighted by Gasteiger charge is 2.23. The third kappa shape index (κ3) is 4.82. The lowest BCUT2D eigenvalue weighted by atomic mass is 10.0. The van der Waals surface area contributed by atoms with E-state index >= 15 is 0 Å². The van der Waals surface area contributed by atoms with E-state index in [4.69, 9.17) is 19.4 Å². The van der Waals surface area contributed by atoms with Crippen LogP contribution < -0.4 is 0 Å². The predicted molar refractivity (Wildman–Crippen MR) is 257 cm³/mol. The Bertz CT molecular complexity index is 4130. The van der Waals surface area contributed by atoms with Crippen LogP contribution in [-0.2, 0) is 0 Å². The maximum atomic E-state index is 6.77. The minimum absolute atomic E-state index is 0.548. The number of furan rings is 1. The lowest BCUT2D eigenvalue weighted by Gasteiger charge is -2.14. The van der Waals surface area contributed by atoms with Crippen LogP contribution in [0.15, 0.2) is 192 Å². The molecule has 0 amide bonds. The number of hydrogen-bond donors (Lipinski definition) is 0. The maximum absolute atomic E-state index is 6.77. The van der Waals surface area contributed by atoms with Crippen molar-refractivity contribution in [2.45, 2.75) is 0 Å². The van der Waals surface area contributed by atoms with Crippen LogP contribution in [0, 0.1) is 0 Å². The normalized spacial score (nSPS) is 12.2. The Hall–Kier alpha value is -8.13. The average molecular weight is 810 g/mol. The highest BCUT2D eigenvalue weighted by molar-refractivity contribution is 7.25. The molecule has 0 atom stereocenters. The number of thiophene rings is 1. The van der Waals surface area contributed by atoms with Gasteiger partial charge in [-0.3, -0.25) is 4.57 Å². The number of hydrogen-bond acceptors (Lipinski definition) is 5. The van der Waals surface area contributed by atoms with Crippen LogP contribution in [-0.4, -0.2) is 24.1 Å². The van der Waals surface area contributed by atoms with E-state index < -0.39 is 0 Å². The summed E-state index contributed by atoms with van der Waals surface area (Å²) in [4.78, 5) is 16.3. The first-order valence-electron chi connectivity index (χ1n) is 20.8. The third-order valence-electron chi connectivity index (χ3n) is 12.5. The highest BCUT2D eigenvalue weighted by atomic mass is 32.1. The molecule has 0 aliphatic carbocycles. The second-order valence-electron chi connectivity index (χ2n) is 16.0. The van der Waals surface area contributed by atoms with E-state index in [9.17, 15) is 0 Å². The SMILES string of the molecule is c1ccc2cc3c(cc2c1)c1ccccc1n3-c1cc(-c2nc(-c3ccc4sc5ccccc5c4c3)nc(-n3c4ccccc4c4ccccc43)n2)c2c(c1)oc1ccccc12. The quantitative estimate of drug-likeness (QED) is 0.178. The van der Waals surface area contributed by atoms with Gasteiger partial charge in [0.15, 0.2) is 11.6 Å². The van der Waals surface area contributed by atoms with Gasteiger partial charge in [-0.1, -0.05) is 115 Å². The van der Waals surface area contributed by atoms with Crippen LogP contribution in [0.4, 0.5) is 0 Å². The van der Waals surface area contributed by atoms with Gasteiger partial charge in [0.25, 0.3) is 0 Å². The van der Waals surface area contributed by atoms with Gasteiger partial charge in [0.05, 0.1) is 27.8 Å². The van der Waals surface area contributed by atoms with E-state index in [0.29, 0.717) is 17.6 Å². The molecule has 0 N–H and O–H groups in total. The van der Waals surface area contributed by atoms with Crippen molar-refractivity contribution in [1.82, 2.24) is 24.1 Å². The van der Waals surface area contributed by atoms with Crippen LogP contribution in [0.25, 0.3) is 131 Å². The molecule has 0 aliphatic heterocycles. The summed E-state index contributed by atoms with van der Waals surface area (Å²) < 4.78 is 13.8. The molecule has 14 aromatic rings. The first kappa shape index (κ1) is 33.7. The van der Waals surface area contributed by atoms with Crippen molar-refractivity contribution >= 4 is 108 Å². The van der Waals surface area contributed by atoms with Gasteiger partial charge in [-0.2, -0.15) is 9.97 Å². The summed E-state index contributed by atoms with van der Waals surface area (Å²) in [6.07, 6.45) is 0. The fourth-order valence-corrected chi connectivity index (χ4v) is 10.9. The van der Waals surface area contributed by atoms with E-state index in [1.807, 2.05) is 12.1 Å². The molecule has 0 aliphatic rings. The van der Waals surface area contributed by atoms with Crippen LogP contribution in [0.3, 0.4) is 0 Å². The van der Waals surface area contributed by atoms with Gasteiger partial charge >= 0.3 is 0 Å². The third-order valence-corrected chi connectivity index (χ3v) is 13.7. The molecular formula is C55H31N5OS. The fourth-order valence-electron chi connectivity index (χ4n) is 9.80. The van der Waals surface area contributed by atoms with E-state index in [2.05, 4.69) is 185 Å². The Balaban J connectivity index is 1.10. The second-order valence-corrected chi connectivity index (χ2v) is 17.1. The van der Waals surface area contributed by atoms with Gasteiger partial charge < -0.3 is 8.98 Å². The molecule has 0 saturated heterocycles. The Kier molecular flexibility index (Phi) is 6.89. The standard InChI is InChI=1S/C55H31N5OS/c1-2-14-33-29-47-41(27-32(33)13-1)38-17-5-8-20-44(38)59(47)35-30-43(52-40-19-6-11-23-48(40)61-49(52)31-35)54-56-53(34-25-26-51-42(28-34)39-18-7-12-24-50(39)62-51)57-55(58-54)60-45-21-9-3-15-36(45)37-16-4-10-22-46(37)60/h1-31H. The summed E-state index contributed by atoms with van der Waals surface area (Å²) in [5, 5.41) is 11.4. The number of nitrogens with zero attached hydrogens (tertiary/aromatic N) is 5. The van der Waals surface area contributed by atoms with Gasteiger partial charge in [-0.05, 0) is 77.5 Å². The van der Waals surface area contributed by atoms with Crippen molar-refractivity contribution in [2.24, 2.45) is 0 Å². The number of rotatable bonds is 4. The molecular weight excluding hydrogens is 779 g/mol. The number of para-hydroxylation sites is 4. The molecule has 0 radical (unpaired) electrons. The van der Waals surface area contributed by atoms with Crippen molar-refractivity contribution in [3.8, 4) is 34.4 Å². The largest absolute Gasteiger partial charge is 0.456 e. The summed E-state index contributed by atoms with van der Waals surface area (Å²) in [7, 11) is 0. The van der Waals surface area contributed by atoms with Gasteiger partial charge in [-0.15, -0.1) is 11.3 Å². The smallest absolute Gasteiger partial charge is 0.238 e. The number of benzene rings is 9. The molecule has 7 heteroatoms. The minimum Gasteiger partial charge on any atom is -0.456 e. The Morgan fingerprint density at radius 3 is 1.76 bits per heavy atom. The van der Waals surface area contributed by atoms with Crippen LogP contribution in [0.5, 0.6) is 0 Å². The topological polar surface area (TPSA) is 61.7 Å². The first-order valence-corrected chi connectivity index (χ1v) is 21.6. The van der Waals surface area contributed by atoms with Crippen molar-refractivity contribution in [3.05, 3.63) is 188 Å². The summed E-state index contributed by atoms with van der Waals surface area (Å²) in [5.41, 5.74) is 8.59. The molecule has 6 nitrogen and oxygen atoms in total. The zero-order valence-electron chi connectivity index (χ0n) is 33.0. The van der Waals surface area contributed by atoms with Gasteiger partial charge in [0.2, 0.25) is 5.95 Å². The molecule has 0 spiro atoms. The van der Waals surface area contributed by atoms with Crippen molar-refractivity contribution < 1.29 is 4.42 Å². The molecule has 0 unspecified atom stereocenters. The maximum Gasteiger partial charge on any atom is 0.238 e. The molecule has 9 aromatic carbocycles. The molecule has 288 valence electrons. The van der Waals surface area contributed by atoms with Gasteiger partial charge in [-0.25, -0.2) is 4.98 Å². The fraction of sp³-hybridized carbons (Fsp3) is 0. The van der Waals surface area contributed by atoms with Crippen LogP contribution in [0.1, 0.15) is 0 Å². The van der Waals surface area contributed by atoms with E-state index in [1.54, 1.807) is 11.3 Å². The summed E-state index contributed by atoms with van der Waals surface area (Å²) in [5.74, 6) is 1.71. The van der Waals surface area contributed by atoms with Crippen molar-refractivity contribution in [3.63, 3.8) is 0 Å². The molecule has 62 heavy (non-hydrogen) atoms. The molecule has 0 bridgehead atoms. The Labute approximate surface area is 357 Å². The summed E-state index contributed by atoms with van der Waals surface area (Å²) in [6.45, 7) is 0. The lowest BCUT2D eigenvalue weighted by Crippen LogP contribution is -2.07. The van der Waals surface area contributed by atoms with Gasteiger partial charge in [0, 0.05) is 69.7 Å².